The van der Waals surface area contributed by atoms with Gasteiger partial charge in [0.1, 0.15) is 0 Å². The van der Waals surface area contributed by atoms with Gasteiger partial charge in [-0.15, -0.1) is 0 Å². The first-order valence-electron chi connectivity index (χ1n) is 5.03. The first-order chi connectivity index (χ1) is 6.97. The van der Waals surface area contributed by atoms with E-state index in [9.17, 15) is 4.79 Å². The molecule has 0 unspecified atom stereocenters. The second kappa shape index (κ2) is 6.11. The van der Waals surface area contributed by atoms with E-state index in [2.05, 4.69) is 5.32 Å². The number of hydrogen-bond acceptors (Lipinski definition) is 1. The van der Waals surface area contributed by atoms with Crippen molar-refractivity contribution in [3.63, 3.8) is 0 Å². The van der Waals surface area contributed by atoms with E-state index >= 15 is 0 Å². The molecule has 1 amide bonds. The molecule has 0 atom stereocenters. The number of hydrogen-bond donors (Lipinski definition) is 1. The fourth-order valence-electron chi connectivity index (χ4n) is 1.15. The van der Waals surface area contributed by atoms with Crippen molar-refractivity contribution in [2.75, 3.05) is 0 Å². The molecule has 0 spiro atoms. The summed E-state index contributed by atoms with van der Waals surface area (Å²) in [6, 6.07) is 9.76. The molecule has 0 fully saturated rings. The summed E-state index contributed by atoms with van der Waals surface area (Å²) in [4.78, 5) is 11.4. The van der Waals surface area contributed by atoms with Gasteiger partial charge < -0.3 is 5.32 Å². The van der Waals surface area contributed by atoms with E-state index in [0.29, 0.717) is 0 Å². The molecule has 0 saturated carbocycles. The summed E-state index contributed by atoms with van der Waals surface area (Å²) in [5.41, 5.74) is 0.847. The fourth-order valence-corrected chi connectivity index (χ4v) is 1.15. The van der Waals surface area contributed by atoms with Crippen molar-refractivity contribution in [1.82, 2.24) is 5.32 Å². The van der Waals surface area contributed by atoms with Gasteiger partial charge in [-0.2, -0.15) is 0 Å². The number of rotatable bonds is 2. The van der Waals surface area contributed by atoms with Gasteiger partial charge in [0.25, 0.3) is 0 Å². The first kappa shape index (κ1) is 14.4. The van der Waals surface area contributed by atoms with Crippen LogP contribution in [0.15, 0.2) is 36.4 Å². The minimum Gasteiger partial charge on any atom is -0.348 e. The molecule has 0 aliphatic carbocycles. The summed E-state index contributed by atoms with van der Waals surface area (Å²) in [6.07, 6.45) is 3.36. The van der Waals surface area contributed by atoms with Crippen molar-refractivity contribution >= 4 is 12.0 Å². The molecule has 0 aromatic heterocycles. The van der Waals surface area contributed by atoms with Crippen molar-refractivity contribution in [2.24, 2.45) is 0 Å². The Morgan fingerprint density at radius 2 is 1.75 bits per heavy atom. The molecule has 2 nitrogen and oxygen atoms in total. The maximum atomic E-state index is 11.4. The van der Waals surface area contributed by atoms with E-state index in [4.69, 9.17) is 0 Å². The van der Waals surface area contributed by atoms with Crippen molar-refractivity contribution in [2.45, 2.75) is 33.7 Å². The molecule has 1 aromatic rings. The largest absolute Gasteiger partial charge is 0.348 e. The molecule has 1 aromatic carbocycles. The highest BCUT2D eigenvalue weighted by molar-refractivity contribution is 5.92. The highest BCUT2D eigenvalue weighted by atomic mass is 16.1. The van der Waals surface area contributed by atoms with Crippen LogP contribution in [0.1, 0.15) is 33.8 Å². The fraction of sp³-hybridized carbons (Fsp3) is 0.357. The summed E-state index contributed by atoms with van der Waals surface area (Å²) in [7, 11) is 0. The molecule has 16 heavy (non-hydrogen) atoms. The lowest BCUT2D eigenvalue weighted by atomic mass is 10.1. The summed E-state index contributed by atoms with van der Waals surface area (Å²) in [5.74, 6) is -0.0636. The molecule has 2 heteroatoms. The van der Waals surface area contributed by atoms with Crippen molar-refractivity contribution < 1.29 is 4.79 Å². The monoisotopic (exact) mass is 219 g/mol. The molecule has 0 bridgehead atoms. The van der Waals surface area contributed by atoms with Gasteiger partial charge in [-0.25, -0.2) is 0 Å². The van der Waals surface area contributed by atoms with Crippen molar-refractivity contribution in [3.05, 3.63) is 42.0 Å². The molecule has 0 aliphatic heterocycles. The standard InChI is InChI=1S/C13H17NO.CH4/c1-13(2,3)14-12(15)10-9-11-7-5-4-6-8-11;/h4-10H,1-3H3,(H,14,15);1H4/b10-9+;. The average molecular weight is 219 g/mol. The second-order valence-electron chi connectivity index (χ2n) is 4.48. The number of amides is 1. The van der Waals surface area contributed by atoms with Crippen LogP contribution in [-0.2, 0) is 4.79 Å². The lowest BCUT2D eigenvalue weighted by molar-refractivity contribution is -0.117. The average Bonchev–Trinajstić information content (AvgIpc) is 2.14. The minimum absolute atomic E-state index is 0. The predicted octanol–water partition coefficient (Wildman–Crippen LogP) is 3.25. The van der Waals surface area contributed by atoms with E-state index in [1.807, 2.05) is 51.1 Å². The number of benzene rings is 1. The van der Waals surface area contributed by atoms with E-state index in [1.165, 1.54) is 0 Å². The Hall–Kier alpha value is -1.57. The summed E-state index contributed by atoms with van der Waals surface area (Å²) in [5, 5.41) is 2.86. The van der Waals surface area contributed by atoms with E-state index in [0.717, 1.165) is 5.56 Å². The Bertz CT molecular complexity index is 347. The quantitative estimate of drug-likeness (QED) is 0.760. The van der Waals surface area contributed by atoms with Gasteiger partial charge in [-0.3, -0.25) is 4.79 Å². The maximum absolute atomic E-state index is 11.4. The number of carbonyl (C=O) groups is 1. The molecule has 0 saturated heterocycles. The normalized spacial score (nSPS) is 10.9. The van der Waals surface area contributed by atoms with Crippen LogP contribution >= 0.6 is 0 Å². The zero-order valence-corrected chi connectivity index (χ0v) is 9.45. The molecular formula is C14H21NO. The van der Waals surface area contributed by atoms with Crippen LogP contribution < -0.4 is 5.32 Å². The third-order valence-electron chi connectivity index (χ3n) is 1.72. The SMILES string of the molecule is C.CC(C)(C)NC(=O)/C=C/c1ccccc1. The van der Waals surface area contributed by atoms with Gasteiger partial charge in [-0.1, -0.05) is 37.8 Å². The van der Waals surface area contributed by atoms with Gasteiger partial charge in [0, 0.05) is 11.6 Å². The molecule has 0 heterocycles. The zero-order valence-electron chi connectivity index (χ0n) is 9.45. The zero-order chi connectivity index (χ0) is 11.3. The molecule has 1 N–H and O–H groups in total. The molecular weight excluding hydrogens is 198 g/mol. The van der Waals surface area contributed by atoms with Crippen LogP contribution in [0.3, 0.4) is 0 Å². The molecule has 1 rings (SSSR count). The van der Waals surface area contributed by atoms with Gasteiger partial charge >= 0.3 is 0 Å². The van der Waals surface area contributed by atoms with Crippen LogP contribution in [0.25, 0.3) is 6.08 Å². The highest BCUT2D eigenvalue weighted by Crippen LogP contribution is 2.02. The lowest BCUT2D eigenvalue weighted by Crippen LogP contribution is -2.39. The smallest absolute Gasteiger partial charge is 0.244 e. The van der Waals surface area contributed by atoms with Gasteiger partial charge in [0.15, 0.2) is 0 Å². The van der Waals surface area contributed by atoms with E-state index in [1.54, 1.807) is 12.2 Å². The molecule has 0 radical (unpaired) electrons. The van der Waals surface area contributed by atoms with Crippen molar-refractivity contribution in [1.29, 1.82) is 0 Å². The Balaban J connectivity index is 0.00000225. The highest BCUT2D eigenvalue weighted by Gasteiger charge is 2.10. The summed E-state index contributed by atoms with van der Waals surface area (Å²) < 4.78 is 0. The first-order valence-corrected chi connectivity index (χ1v) is 5.03. The van der Waals surface area contributed by atoms with Gasteiger partial charge in [0.05, 0.1) is 0 Å². The van der Waals surface area contributed by atoms with Gasteiger partial charge in [0.2, 0.25) is 5.91 Å². The van der Waals surface area contributed by atoms with Crippen LogP contribution in [0.2, 0.25) is 0 Å². The maximum Gasteiger partial charge on any atom is 0.244 e. The Morgan fingerprint density at radius 3 is 2.25 bits per heavy atom. The Labute approximate surface area is 98.4 Å². The third kappa shape index (κ3) is 6.02. The Kier molecular flexibility index (Phi) is 5.51. The predicted molar refractivity (Wildman–Crippen MR) is 70.1 cm³/mol. The van der Waals surface area contributed by atoms with E-state index in [-0.39, 0.29) is 18.9 Å². The summed E-state index contributed by atoms with van der Waals surface area (Å²) in [6.45, 7) is 5.88. The molecule has 0 aliphatic rings. The van der Waals surface area contributed by atoms with E-state index < -0.39 is 0 Å². The van der Waals surface area contributed by atoms with Crippen molar-refractivity contribution in [3.8, 4) is 0 Å². The van der Waals surface area contributed by atoms with Crippen LogP contribution in [0.5, 0.6) is 0 Å². The lowest BCUT2D eigenvalue weighted by Gasteiger charge is -2.18. The number of nitrogens with one attached hydrogen (secondary N) is 1. The topological polar surface area (TPSA) is 29.1 Å². The van der Waals surface area contributed by atoms with Crippen LogP contribution in [-0.4, -0.2) is 11.4 Å². The van der Waals surface area contributed by atoms with Crippen LogP contribution in [0.4, 0.5) is 0 Å². The number of carbonyl (C=O) groups excluding carboxylic acids is 1. The summed E-state index contributed by atoms with van der Waals surface area (Å²) >= 11 is 0. The second-order valence-corrected chi connectivity index (χ2v) is 4.48. The third-order valence-corrected chi connectivity index (χ3v) is 1.72. The minimum atomic E-state index is -0.182. The molecule has 88 valence electrons. The van der Waals surface area contributed by atoms with Crippen LogP contribution in [0, 0.1) is 0 Å². The Morgan fingerprint density at radius 1 is 1.19 bits per heavy atom. The van der Waals surface area contributed by atoms with Gasteiger partial charge in [-0.05, 0) is 32.4 Å².